The molecule has 1 saturated heterocycles. The Hall–Kier alpha value is -2.07. The number of fused-ring (bicyclic) bond motifs is 1. The van der Waals surface area contributed by atoms with Crippen LogP contribution in [-0.4, -0.2) is 53.2 Å². The van der Waals surface area contributed by atoms with Crippen LogP contribution in [0.4, 0.5) is 8.78 Å². The van der Waals surface area contributed by atoms with Crippen molar-refractivity contribution in [1.29, 1.82) is 0 Å². The first-order valence-corrected chi connectivity index (χ1v) is 14.9. The summed E-state index contributed by atoms with van der Waals surface area (Å²) in [6.45, 7) is 9.54. The molecular weight excluding hydrogens is 498 g/mol. The number of nitrogens with zero attached hydrogens (tertiary/aromatic N) is 3. The number of primary amides is 1. The molecule has 1 amide bonds. The summed E-state index contributed by atoms with van der Waals surface area (Å²) in [6.07, 6.45) is 2.53. The van der Waals surface area contributed by atoms with Crippen molar-refractivity contribution in [2.24, 2.45) is 17.6 Å². The SMILES string of the molecule is CCC(N1CCC[C@H](C(N)=O)C1)S(=O)(=O)c1ccc2c(c1)nc(C(C)(C)C)n2CC1CCC(F)(F)CC1. The fourth-order valence-electron chi connectivity index (χ4n) is 5.92. The number of carbonyl (C=O) groups excluding carboxylic acids is 1. The number of nitrogens with two attached hydrogens (primary N) is 1. The number of aromatic nitrogens is 2. The molecule has 0 radical (unpaired) electrons. The Morgan fingerprint density at radius 3 is 2.49 bits per heavy atom. The van der Waals surface area contributed by atoms with Gasteiger partial charge in [0.1, 0.15) is 11.2 Å². The number of amides is 1. The summed E-state index contributed by atoms with van der Waals surface area (Å²) in [6, 6.07) is 5.08. The number of sulfone groups is 1. The molecule has 1 aromatic heterocycles. The van der Waals surface area contributed by atoms with E-state index in [4.69, 9.17) is 10.7 Å². The highest BCUT2D eigenvalue weighted by molar-refractivity contribution is 7.92. The van der Waals surface area contributed by atoms with Crippen molar-refractivity contribution in [2.45, 2.75) is 101 Å². The summed E-state index contributed by atoms with van der Waals surface area (Å²) in [5, 5.41) is -0.750. The molecule has 0 bridgehead atoms. The zero-order valence-electron chi connectivity index (χ0n) is 22.3. The Morgan fingerprint density at radius 2 is 1.89 bits per heavy atom. The molecule has 37 heavy (non-hydrogen) atoms. The largest absolute Gasteiger partial charge is 0.369 e. The third-order valence-corrected chi connectivity index (χ3v) is 10.2. The zero-order valence-corrected chi connectivity index (χ0v) is 23.2. The van der Waals surface area contributed by atoms with Crippen molar-refractivity contribution >= 4 is 26.8 Å². The van der Waals surface area contributed by atoms with Crippen LogP contribution < -0.4 is 5.73 Å². The average molecular weight is 539 g/mol. The summed E-state index contributed by atoms with van der Waals surface area (Å²) in [4.78, 5) is 18.7. The van der Waals surface area contributed by atoms with Crippen LogP contribution >= 0.6 is 0 Å². The fraction of sp³-hybridized carbons (Fsp3) is 0.704. The second-order valence-electron chi connectivity index (χ2n) is 11.9. The Kier molecular flexibility index (Phi) is 7.74. The van der Waals surface area contributed by atoms with Crippen molar-refractivity contribution in [2.75, 3.05) is 13.1 Å². The first kappa shape index (κ1) is 28.0. The molecule has 0 spiro atoms. The predicted molar refractivity (Wildman–Crippen MR) is 140 cm³/mol. The van der Waals surface area contributed by atoms with E-state index in [2.05, 4.69) is 25.3 Å². The summed E-state index contributed by atoms with van der Waals surface area (Å²) in [5.74, 6) is -2.36. The molecule has 1 aromatic carbocycles. The number of halogens is 2. The number of piperidine rings is 1. The molecule has 1 saturated carbocycles. The minimum Gasteiger partial charge on any atom is -0.369 e. The first-order valence-electron chi connectivity index (χ1n) is 13.4. The number of benzene rings is 1. The highest BCUT2D eigenvalue weighted by atomic mass is 32.2. The molecule has 7 nitrogen and oxygen atoms in total. The Balaban J connectivity index is 1.67. The monoisotopic (exact) mass is 538 g/mol. The first-order chi connectivity index (χ1) is 17.2. The number of likely N-dealkylation sites (tertiary alicyclic amines) is 1. The zero-order chi connectivity index (χ0) is 27.2. The number of alkyl halides is 2. The van der Waals surface area contributed by atoms with E-state index in [1.165, 1.54) is 0 Å². The molecular formula is C27H40F2N4O3S. The normalized spacial score (nSPS) is 22.8. The van der Waals surface area contributed by atoms with E-state index < -0.39 is 21.1 Å². The number of hydrogen-bond acceptors (Lipinski definition) is 5. The van der Waals surface area contributed by atoms with Crippen LogP contribution in [0.5, 0.6) is 0 Å². The van der Waals surface area contributed by atoms with Gasteiger partial charge in [0, 0.05) is 31.3 Å². The molecule has 1 aliphatic heterocycles. The van der Waals surface area contributed by atoms with E-state index in [1.807, 2.05) is 11.8 Å². The summed E-state index contributed by atoms with van der Waals surface area (Å²) in [7, 11) is -3.73. The van der Waals surface area contributed by atoms with Crippen LogP contribution in [-0.2, 0) is 26.6 Å². The highest BCUT2D eigenvalue weighted by Gasteiger charge is 2.37. The molecule has 10 heteroatoms. The molecule has 2 N–H and O–H groups in total. The Bertz CT molecular complexity index is 1240. The van der Waals surface area contributed by atoms with Gasteiger partial charge in [0.15, 0.2) is 9.84 Å². The van der Waals surface area contributed by atoms with Gasteiger partial charge in [-0.3, -0.25) is 9.69 Å². The van der Waals surface area contributed by atoms with Gasteiger partial charge >= 0.3 is 0 Å². The highest BCUT2D eigenvalue weighted by Crippen LogP contribution is 2.38. The molecule has 4 rings (SSSR count). The van der Waals surface area contributed by atoms with Gasteiger partial charge in [-0.05, 0) is 62.8 Å². The van der Waals surface area contributed by atoms with Crippen molar-refractivity contribution in [3.63, 3.8) is 0 Å². The van der Waals surface area contributed by atoms with E-state index >= 15 is 0 Å². The number of imidazole rings is 1. The average Bonchev–Trinajstić information content (AvgIpc) is 3.19. The maximum atomic E-state index is 13.8. The van der Waals surface area contributed by atoms with Gasteiger partial charge in [-0.15, -0.1) is 0 Å². The lowest BCUT2D eigenvalue weighted by Gasteiger charge is -2.36. The van der Waals surface area contributed by atoms with E-state index in [-0.39, 0.29) is 40.9 Å². The van der Waals surface area contributed by atoms with Gasteiger partial charge < -0.3 is 10.3 Å². The molecule has 206 valence electrons. The van der Waals surface area contributed by atoms with Crippen molar-refractivity contribution < 1.29 is 22.0 Å². The number of carbonyl (C=O) groups is 1. The standard InChI is InChI=1S/C27H40F2N4O3S/c1-5-23(32-14-6-7-19(17-32)24(30)34)37(35,36)20-8-9-22-21(15-20)31-25(26(2,3)4)33(22)16-18-10-12-27(28,29)13-11-18/h8-9,15,18-19,23H,5-7,10-14,16-17H2,1-4H3,(H2,30,34)/t19-,23?/m0/s1. The van der Waals surface area contributed by atoms with Gasteiger partial charge in [-0.25, -0.2) is 22.2 Å². The molecule has 2 fully saturated rings. The number of rotatable bonds is 7. The molecule has 2 atom stereocenters. The molecule has 2 heterocycles. The van der Waals surface area contributed by atoms with Crippen LogP contribution in [0.3, 0.4) is 0 Å². The second-order valence-corrected chi connectivity index (χ2v) is 14.0. The lowest BCUT2D eigenvalue weighted by atomic mass is 9.86. The smallest absolute Gasteiger partial charge is 0.248 e. The topological polar surface area (TPSA) is 98.3 Å². The molecule has 2 aromatic rings. The van der Waals surface area contributed by atoms with Gasteiger partial charge in [-0.1, -0.05) is 27.7 Å². The minimum atomic E-state index is -3.73. The third-order valence-electron chi connectivity index (χ3n) is 7.97. The summed E-state index contributed by atoms with van der Waals surface area (Å²) in [5.41, 5.74) is 6.63. The summed E-state index contributed by atoms with van der Waals surface area (Å²) < 4.78 is 57.1. The van der Waals surface area contributed by atoms with Gasteiger partial charge in [0.25, 0.3) is 0 Å². The molecule has 2 aliphatic rings. The van der Waals surface area contributed by atoms with E-state index in [9.17, 15) is 22.0 Å². The van der Waals surface area contributed by atoms with Gasteiger partial charge in [0.2, 0.25) is 11.8 Å². The van der Waals surface area contributed by atoms with E-state index in [0.717, 1.165) is 17.8 Å². The van der Waals surface area contributed by atoms with Crippen molar-refractivity contribution in [3.8, 4) is 0 Å². The molecule has 1 unspecified atom stereocenters. The maximum Gasteiger partial charge on any atom is 0.248 e. The molecule has 1 aliphatic carbocycles. The maximum absolute atomic E-state index is 13.8. The second kappa shape index (κ2) is 10.2. The van der Waals surface area contributed by atoms with Crippen LogP contribution in [0.2, 0.25) is 0 Å². The van der Waals surface area contributed by atoms with Crippen molar-refractivity contribution in [1.82, 2.24) is 14.5 Å². The predicted octanol–water partition coefficient (Wildman–Crippen LogP) is 4.87. The van der Waals surface area contributed by atoms with E-state index in [1.54, 1.807) is 18.2 Å². The Labute approximate surface area is 218 Å². The van der Waals surface area contributed by atoms with Crippen LogP contribution in [0.25, 0.3) is 11.0 Å². The lowest BCUT2D eigenvalue weighted by Crippen LogP contribution is -2.48. The van der Waals surface area contributed by atoms with Crippen LogP contribution in [0.15, 0.2) is 23.1 Å². The number of hydrogen-bond donors (Lipinski definition) is 1. The van der Waals surface area contributed by atoms with Crippen molar-refractivity contribution in [3.05, 3.63) is 24.0 Å². The third kappa shape index (κ3) is 5.85. The minimum absolute atomic E-state index is 0.0942. The van der Waals surface area contributed by atoms with E-state index in [0.29, 0.717) is 50.8 Å². The van der Waals surface area contributed by atoms with Gasteiger partial charge in [-0.2, -0.15) is 0 Å². The Morgan fingerprint density at radius 1 is 1.22 bits per heavy atom. The summed E-state index contributed by atoms with van der Waals surface area (Å²) >= 11 is 0. The fourth-order valence-corrected chi connectivity index (χ4v) is 7.79. The lowest BCUT2D eigenvalue weighted by molar-refractivity contribution is -0.123. The van der Waals surface area contributed by atoms with Crippen LogP contribution in [0.1, 0.15) is 78.5 Å². The van der Waals surface area contributed by atoms with Gasteiger partial charge in [0.05, 0.1) is 21.8 Å². The quantitative estimate of drug-likeness (QED) is 0.543. The van der Waals surface area contributed by atoms with Crippen LogP contribution in [0, 0.1) is 11.8 Å².